The number of likely N-dealkylation sites (N-methyl/N-ethyl adjacent to an activating group) is 1. The van der Waals surface area contributed by atoms with Gasteiger partial charge < -0.3 is 14.4 Å². The first-order chi connectivity index (χ1) is 12.5. The molecular weight excluding hydrogens is 394 g/mol. The Bertz CT molecular complexity index is 928. The number of carbonyl (C=O) groups excluding carboxylic acids is 1. The van der Waals surface area contributed by atoms with Crippen molar-refractivity contribution in [1.82, 2.24) is 9.88 Å². The summed E-state index contributed by atoms with van der Waals surface area (Å²) in [5.74, 6) is 1.30. The molecule has 0 saturated carbocycles. The lowest BCUT2D eigenvalue weighted by atomic mass is 10.3. The predicted molar refractivity (Wildman–Crippen MR) is 105 cm³/mol. The van der Waals surface area contributed by atoms with Gasteiger partial charge in [0, 0.05) is 25.2 Å². The largest absolute Gasteiger partial charge is 0.454 e. The zero-order valence-electron chi connectivity index (χ0n) is 14.2. The minimum absolute atomic E-state index is 0.0946. The van der Waals surface area contributed by atoms with Gasteiger partial charge in [0.25, 0.3) is 5.91 Å². The molecule has 9 heteroatoms. The second-order valence-electron chi connectivity index (χ2n) is 6.03. The molecule has 1 aromatic carbocycles. The predicted octanol–water partition coefficient (Wildman–Crippen LogP) is 3.95. The Morgan fingerprint density at radius 3 is 2.65 bits per heavy atom. The number of benzene rings is 1. The van der Waals surface area contributed by atoms with E-state index in [-0.39, 0.29) is 12.7 Å². The number of fused-ring (bicyclic) bond motifs is 2. The molecule has 0 fully saturated rings. The highest BCUT2D eigenvalue weighted by Crippen LogP contribution is 2.40. The minimum atomic E-state index is -0.0946. The molecule has 4 rings (SSSR count). The summed E-state index contributed by atoms with van der Waals surface area (Å²) in [5.41, 5.74) is 0.793. The Morgan fingerprint density at radius 1 is 1.19 bits per heavy atom. The van der Waals surface area contributed by atoms with Gasteiger partial charge >= 0.3 is 0 Å². The summed E-state index contributed by atoms with van der Waals surface area (Å²) in [6.45, 7) is 1.49. The standard InChI is InChI=1S/C17H16ClN3O3S2/c1-20(2)5-6-21(16(22)13-3-4-15(18)25-13)17-19-10-7-11-12(24-9-23-11)8-14(10)26-17/h3-4,7-8H,5-6,9H2,1-2H3. The molecule has 136 valence electrons. The van der Waals surface area contributed by atoms with Crippen LogP contribution in [0.15, 0.2) is 24.3 Å². The van der Waals surface area contributed by atoms with Gasteiger partial charge in [-0.25, -0.2) is 4.98 Å². The van der Waals surface area contributed by atoms with Crippen molar-refractivity contribution >= 4 is 55.5 Å². The van der Waals surface area contributed by atoms with Crippen LogP contribution < -0.4 is 14.4 Å². The Morgan fingerprint density at radius 2 is 1.96 bits per heavy atom. The van der Waals surface area contributed by atoms with E-state index in [0.717, 1.165) is 16.8 Å². The molecule has 1 amide bonds. The molecule has 6 nitrogen and oxygen atoms in total. The fourth-order valence-corrected chi connectivity index (χ4v) is 4.56. The van der Waals surface area contributed by atoms with Gasteiger partial charge in [-0.1, -0.05) is 22.9 Å². The summed E-state index contributed by atoms with van der Waals surface area (Å²) in [4.78, 5) is 22.0. The lowest BCUT2D eigenvalue weighted by molar-refractivity contribution is 0.0989. The van der Waals surface area contributed by atoms with Crippen LogP contribution in [0.2, 0.25) is 4.34 Å². The summed E-state index contributed by atoms with van der Waals surface area (Å²) in [6, 6.07) is 7.26. The second-order valence-corrected chi connectivity index (χ2v) is 8.76. The molecule has 0 radical (unpaired) electrons. The van der Waals surface area contributed by atoms with E-state index >= 15 is 0 Å². The van der Waals surface area contributed by atoms with Crippen LogP contribution in [-0.4, -0.2) is 49.8 Å². The van der Waals surface area contributed by atoms with Crippen molar-refractivity contribution < 1.29 is 14.3 Å². The number of amides is 1. The molecule has 2 aromatic heterocycles. The summed E-state index contributed by atoms with van der Waals surface area (Å²) in [7, 11) is 3.95. The molecule has 0 atom stereocenters. The van der Waals surface area contributed by atoms with E-state index in [2.05, 4.69) is 4.98 Å². The number of anilines is 1. The van der Waals surface area contributed by atoms with E-state index in [1.807, 2.05) is 31.1 Å². The number of carbonyl (C=O) groups is 1. The van der Waals surface area contributed by atoms with Gasteiger partial charge in [0.2, 0.25) is 6.79 Å². The summed E-state index contributed by atoms with van der Waals surface area (Å²) in [6.07, 6.45) is 0. The average Bonchev–Trinajstić information content (AvgIpc) is 3.30. The van der Waals surface area contributed by atoms with E-state index in [0.29, 0.717) is 32.4 Å². The van der Waals surface area contributed by atoms with Crippen LogP contribution in [0.25, 0.3) is 10.2 Å². The van der Waals surface area contributed by atoms with E-state index < -0.39 is 0 Å². The third-order valence-electron chi connectivity index (χ3n) is 3.90. The number of rotatable bonds is 5. The van der Waals surface area contributed by atoms with Crippen molar-refractivity contribution in [3.8, 4) is 11.5 Å². The van der Waals surface area contributed by atoms with Crippen LogP contribution in [0.5, 0.6) is 11.5 Å². The SMILES string of the molecule is CN(C)CCN(C(=O)c1ccc(Cl)s1)c1nc2cc3c(cc2s1)OCO3. The quantitative estimate of drug-likeness (QED) is 0.638. The van der Waals surface area contributed by atoms with E-state index in [4.69, 9.17) is 21.1 Å². The average molecular weight is 410 g/mol. The molecule has 0 spiro atoms. The van der Waals surface area contributed by atoms with Gasteiger partial charge in [0.1, 0.15) is 0 Å². The van der Waals surface area contributed by atoms with E-state index in [1.54, 1.807) is 17.0 Å². The van der Waals surface area contributed by atoms with Crippen LogP contribution in [-0.2, 0) is 0 Å². The molecule has 1 aliphatic rings. The van der Waals surface area contributed by atoms with Gasteiger partial charge in [-0.2, -0.15) is 0 Å². The minimum Gasteiger partial charge on any atom is -0.454 e. The molecule has 3 aromatic rings. The molecule has 1 aliphatic heterocycles. The van der Waals surface area contributed by atoms with E-state index in [9.17, 15) is 4.79 Å². The number of hydrogen-bond donors (Lipinski definition) is 0. The molecule has 3 heterocycles. The highest BCUT2D eigenvalue weighted by Gasteiger charge is 2.24. The number of ether oxygens (including phenoxy) is 2. The van der Waals surface area contributed by atoms with Crippen molar-refractivity contribution in [2.24, 2.45) is 0 Å². The first-order valence-corrected chi connectivity index (χ1v) is 9.94. The fraction of sp³-hybridized carbons (Fsp3) is 0.294. The first kappa shape index (κ1) is 17.5. The lowest BCUT2D eigenvalue weighted by Gasteiger charge is -2.21. The smallest absolute Gasteiger partial charge is 0.270 e. The van der Waals surface area contributed by atoms with Gasteiger partial charge in [0.05, 0.1) is 19.4 Å². The normalized spacial score (nSPS) is 12.9. The maximum Gasteiger partial charge on any atom is 0.270 e. The zero-order chi connectivity index (χ0) is 18.3. The summed E-state index contributed by atoms with van der Waals surface area (Å²) >= 11 is 8.74. The monoisotopic (exact) mass is 409 g/mol. The third-order valence-corrected chi connectivity index (χ3v) is 6.16. The number of halogens is 1. The van der Waals surface area contributed by atoms with Crippen molar-refractivity contribution in [2.75, 3.05) is 38.9 Å². The van der Waals surface area contributed by atoms with Crippen LogP contribution in [0.1, 0.15) is 9.67 Å². The number of nitrogens with zero attached hydrogens (tertiary/aromatic N) is 3. The van der Waals surface area contributed by atoms with Crippen LogP contribution >= 0.6 is 34.3 Å². The highest BCUT2D eigenvalue weighted by atomic mass is 35.5. The van der Waals surface area contributed by atoms with Gasteiger partial charge in [-0.05, 0) is 26.2 Å². The topological polar surface area (TPSA) is 54.9 Å². The van der Waals surface area contributed by atoms with Crippen LogP contribution in [0.4, 0.5) is 5.13 Å². The second kappa shape index (κ2) is 7.03. The van der Waals surface area contributed by atoms with Crippen molar-refractivity contribution in [3.05, 3.63) is 33.5 Å². The van der Waals surface area contributed by atoms with Crippen molar-refractivity contribution in [3.63, 3.8) is 0 Å². The molecule has 26 heavy (non-hydrogen) atoms. The van der Waals surface area contributed by atoms with Crippen molar-refractivity contribution in [2.45, 2.75) is 0 Å². The van der Waals surface area contributed by atoms with Crippen LogP contribution in [0.3, 0.4) is 0 Å². The molecule has 0 bridgehead atoms. The molecular formula is C17H16ClN3O3S2. The van der Waals surface area contributed by atoms with Gasteiger partial charge in [-0.15, -0.1) is 11.3 Å². The number of hydrogen-bond acceptors (Lipinski definition) is 7. The third kappa shape index (κ3) is 3.37. The fourth-order valence-electron chi connectivity index (χ4n) is 2.57. The maximum atomic E-state index is 13.0. The number of thiophene rings is 1. The number of thiazole rings is 1. The Hall–Kier alpha value is -1.87. The Balaban J connectivity index is 1.70. The molecule has 0 saturated heterocycles. The maximum absolute atomic E-state index is 13.0. The van der Waals surface area contributed by atoms with Gasteiger partial charge in [0.15, 0.2) is 16.6 Å². The first-order valence-electron chi connectivity index (χ1n) is 7.93. The van der Waals surface area contributed by atoms with Gasteiger partial charge in [-0.3, -0.25) is 9.69 Å². The highest BCUT2D eigenvalue weighted by molar-refractivity contribution is 7.22. The molecule has 0 unspecified atom stereocenters. The van der Waals surface area contributed by atoms with Crippen LogP contribution in [0, 0.1) is 0 Å². The zero-order valence-corrected chi connectivity index (χ0v) is 16.6. The molecule has 0 aliphatic carbocycles. The van der Waals surface area contributed by atoms with E-state index in [1.165, 1.54) is 22.7 Å². The van der Waals surface area contributed by atoms with Crippen molar-refractivity contribution in [1.29, 1.82) is 0 Å². The Kier molecular flexibility index (Phi) is 4.74. The Labute approximate surface area is 163 Å². The summed E-state index contributed by atoms with van der Waals surface area (Å²) < 4.78 is 12.4. The lowest BCUT2D eigenvalue weighted by Crippen LogP contribution is -2.36. The molecule has 0 N–H and O–H groups in total. The summed E-state index contributed by atoms with van der Waals surface area (Å²) in [5, 5.41) is 0.653. The number of aromatic nitrogens is 1.